The lowest BCUT2D eigenvalue weighted by molar-refractivity contribution is 1.05. The molecule has 1 aromatic rings. The maximum Gasteiger partial charge on any atom is 0.226 e. The van der Waals surface area contributed by atoms with Crippen molar-refractivity contribution in [2.75, 3.05) is 35.6 Å². The average molecular weight is 209 g/mol. The molecule has 1 aromatic heterocycles. The Morgan fingerprint density at radius 1 is 0.867 bits per heavy atom. The zero-order valence-corrected chi connectivity index (χ0v) is 9.59. The molecule has 84 valence electrons. The monoisotopic (exact) mass is 209 g/mol. The van der Waals surface area contributed by atoms with Crippen LogP contribution in [0, 0.1) is 0 Å². The van der Waals surface area contributed by atoms with Gasteiger partial charge in [-0.3, -0.25) is 0 Å². The van der Waals surface area contributed by atoms with Crippen LogP contribution >= 0.6 is 0 Å². The Hall–Kier alpha value is -1.52. The lowest BCUT2D eigenvalue weighted by Gasteiger charge is -2.09. The molecule has 0 atom stereocenters. The third kappa shape index (κ3) is 3.61. The predicted molar refractivity (Wildman–Crippen MR) is 64.5 cm³/mol. The first-order valence-electron chi connectivity index (χ1n) is 5.40. The molecule has 0 aliphatic heterocycles. The molecule has 0 aliphatic rings. The summed E-state index contributed by atoms with van der Waals surface area (Å²) >= 11 is 0. The fourth-order valence-corrected chi connectivity index (χ4v) is 1.23. The summed E-state index contributed by atoms with van der Waals surface area (Å²) in [7, 11) is 0. The van der Waals surface area contributed by atoms with Gasteiger partial charge in [0.15, 0.2) is 0 Å². The van der Waals surface area contributed by atoms with E-state index in [9.17, 15) is 0 Å². The highest BCUT2D eigenvalue weighted by atomic mass is 15.2. The minimum absolute atomic E-state index is 0.659. The van der Waals surface area contributed by atoms with E-state index in [1.54, 1.807) is 0 Å². The van der Waals surface area contributed by atoms with E-state index >= 15 is 0 Å². The van der Waals surface area contributed by atoms with Gasteiger partial charge >= 0.3 is 0 Å². The first-order valence-corrected chi connectivity index (χ1v) is 5.40. The number of hydrogen-bond acceptors (Lipinski definition) is 5. The largest absolute Gasteiger partial charge is 0.370 e. The second-order valence-electron chi connectivity index (χ2n) is 3.05. The van der Waals surface area contributed by atoms with Crippen LogP contribution in [0.25, 0.3) is 0 Å². The van der Waals surface area contributed by atoms with Crippen LogP contribution in [0.3, 0.4) is 0 Å². The minimum atomic E-state index is 0.659. The maximum atomic E-state index is 4.32. The van der Waals surface area contributed by atoms with Crippen molar-refractivity contribution in [3.05, 3.63) is 6.07 Å². The lowest BCUT2D eigenvalue weighted by Crippen LogP contribution is -2.09. The first kappa shape index (κ1) is 11.6. The van der Waals surface area contributed by atoms with Crippen LogP contribution in [0.5, 0.6) is 0 Å². The third-order valence-corrected chi connectivity index (χ3v) is 1.78. The SMILES string of the molecule is CCNc1cc(NCC)nc(NCC)n1. The van der Waals surface area contributed by atoms with E-state index in [0.717, 1.165) is 31.3 Å². The zero-order valence-electron chi connectivity index (χ0n) is 9.59. The molecule has 5 heteroatoms. The Morgan fingerprint density at radius 3 is 1.73 bits per heavy atom. The molecule has 0 radical (unpaired) electrons. The Bertz CT molecular complexity index is 240. The van der Waals surface area contributed by atoms with E-state index in [0.29, 0.717) is 5.95 Å². The third-order valence-electron chi connectivity index (χ3n) is 1.78. The van der Waals surface area contributed by atoms with Crippen molar-refractivity contribution in [1.29, 1.82) is 0 Å². The molecule has 0 bridgehead atoms. The van der Waals surface area contributed by atoms with Gasteiger partial charge in [0.25, 0.3) is 0 Å². The molecule has 5 nitrogen and oxygen atoms in total. The number of aromatic nitrogens is 2. The van der Waals surface area contributed by atoms with Gasteiger partial charge in [-0.15, -0.1) is 0 Å². The predicted octanol–water partition coefficient (Wildman–Crippen LogP) is 1.77. The Balaban J connectivity index is 2.86. The van der Waals surface area contributed by atoms with E-state index in [1.807, 2.05) is 26.8 Å². The van der Waals surface area contributed by atoms with Crippen LogP contribution in [0.4, 0.5) is 17.6 Å². The van der Waals surface area contributed by atoms with Gasteiger partial charge in [-0.2, -0.15) is 9.97 Å². The highest BCUT2D eigenvalue weighted by Gasteiger charge is 2.01. The van der Waals surface area contributed by atoms with Crippen molar-refractivity contribution in [2.24, 2.45) is 0 Å². The van der Waals surface area contributed by atoms with Gasteiger partial charge in [-0.1, -0.05) is 0 Å². The highest BCUT2D eigenvalue weighted by Crippen LogP contribution is 2.13. The molecular formula is C10H19N5. The topological polar surface area (TPSA) is 61.9 Å². The smallest absolute Gasteiger partial charge is 0.226 e. The normalized spacial score (nSPS) is 9.80. The minimum Gasteiger partial charge on any atom is -0.370 e. The molecule has 0 spiro atoms. The number of nitrogens with one attached hydrogen (secondary N) is 3. The molecule has 0 aromatic carbocycles. The van der Waals surface area contributed by atoms with Crippen molar-refractivity contribution in [1.82, 2.24) is 9.97 Å². The van der Waals surface area contributed by atoms with Crippen LogP contribution in [0.15, 0.2) is 6.07 Å². The van der Waals surface area contributed by atoms with E-state index < -0.39 is 0 Å². The lowest BCUT2D eigenvalue weighted by atomic mass is 10.5. The summed E-state index contributed by atoms with van der Waals surface area (Å²) in [6.07, 6.45) is 0. The van der Waals surface area contributed by atoms with Gasteiger partial charge < -0.3 is 16.0 Å². The summed E-state index contributed by atoms with van der Waals surface area (Å²) in [4.78, 5) is 8.64. The zero-order chi connectivity index (χ0) is 11.1. The van der Waals surface area contributed by atoms with Crippen LogP contribution in [0.2, 0.25) is 0 Å². The Morgan fingerprint density at radius 2 is 1.33 bits per heavy atom. The van der Waals surface area contributed by atoms with Crippen molar-refractivity contribution in [3.8, 4) is 0 Å². The Labute approximate surface area is 90.7 Å². The second kappa shape index (κ2) is 6.06. The second-order valence-corrected chi connectivity index (χ2v) is 3.05. The number of anilines is 3. The van der Waals surface area contributed by atoms with Crippen LogP contribution in [0.1, 0.15) is 20.8 Å². The molecule has 0 fully saturated rings. The van der Waals surface area contributed by atoms with Gasteiger partial charge in [0, 0.05) is 25.7 Å². The van der Waals surface area contributed by atoms with Gasteiger partial charge in [0.05, 0.1) is 0 Å². The van der Waals surface area contributed by atoms with Crippen LogP contribution in [-0.4, -0.2) is 29.6 Å². The van der Waals surface area contributed by atoms with E-state index in [2.05, 4.69) is 25.9 Å². The van der Waals surface area contributed by atoms with Crippen molar-refractivity contribution in [3.63, 3.8) is 0 Å². The standard InChI is InChI=1S/C10H19N5/c1-4-11-8-7-9(12-5-2)15-10(14-8)13-6-3/h7H,4-6H2,1-3H3,(H3,11,12,13,14,15). The van der Waals surface area contributed by atoms with Crippen molar-refractivity contribution in [2.45, 2.75) is 20.8 Å². The van der Waals surface area contributed by atoms with E-state index in [4.69, 9.17) is 0 Å². The summed E-state index contributed by atoms with van der Waals surface area (Å²) in [6, 6.07) is 1.91. The van der Waals surface area contributed by atoms with Crippen LogP contribution in [-0.2, 0) is 0 Å². The van der Waals surface area contributed by atoms with Gasteiger partial charge in [-0.05, 0) is 20.8 Å². The summed E-state index contributed by atoms with van der Waals surface area (Å²) in [5, 5.41) is 9.45. The maximum absolute atomic E-state index is 4.32. The van der Waals surface area contributed by atoms with E-state index in [1.165, 1.54) is 0 Å². The molecule has 1 heterocycles. The summed E-state index contributed by atoms with van der Waals surface area (Å²) < 4.78 is 0. The number of nitrogens with zero attached hydrogens (tertiary/aromatic N) is 2. The van der Waals surface area contributed by atoms with Gasteiger partial charge in [-0.25, -0.2) is 0 Å². The summed E-state index contributed by atoms with van der Waals surface area (Å²) in [6.45, 7) is 8.64. The molecule has 0 saturated heterocycles. The molecule has 0 unspecified atom stereocenters. The molecule has 1 rings (SSSR count). The molecular weight excluding hydrogens is 190 g/mol. The highest BCUT2D eigenvalue weighted by molar-refractivity contribution is 5.52. The summed E-state index contributed by atoms with van der Waals surface area (Å²) in [5.41, 5.74) is 0. The van der Waals surface area contributed by atoms with Crippen LogP contribution < -0.4 is 16.0 Å². The molecule has 0 aliphatic carbocycles. The first-order chi connectivity index (χ1) is 7.30. The molecule has 3 N–H and O–H groups in total. The molecule has 15 heavy (non-hydrogen) atoms. The Kier molecular flexibility index (Phi) is 4.66. The van der Waals surface area contributed by atoms with Gasteiger partial charge in [0.2, 0.25) is 5.95 Å². The van der Waals surface area contributed by atoms with E-state index in [-0.39, 0.29) is 0 Å². The quantitative estimate of drug-likeness (QED) is 0.666. The number of rotatable bonds is 6. The fraction of sp³-hybridized carbons (Fsp3) is 0.600. The molecule has 0 amide bonds. The van der Waals surface area contributed by atoms with Crippen molar-refractivity contribution < 1.29 is 0 Å². The van der Waals surface area contributed by atoms with Crippen molar-refractivity contribution >= 4 is 17.6 Å². The average Bonchev–Trinajstić information content (AvgIpc) is 2.19. The summed E-state index contributed by atoms with van der Waals surface area (Å²) in [5.74, 6) is 2.35. The number of hydrogen-bond donors (Lipinski definition) is 3. The van der Waals surface area contributed by atoms with Gasteiger partial charge in [0.1, 0.15) is 11.6 Å². The molecule has 0 saturated carbocycles. The fourth-order valence-electron chi connectivity index (χ4n) is 1.23.